The molecule has 0 atom stereocenters. The number of H-pyrrole nitrogens is 1. The Labute approximate surface area is 186 Å². The molecule has 1 saturated carbocycles. The molecule has 1 aromatic carbocycles. The minimum Gasteiger partial charge on any atom is -0.462 e. The van der Waals surface area contributed by atoms with Crippen LogP contribution in [0.25, 0.3) is 11.1 Å². The Balaban J connectivity index is 1.50. The number of anilines is 1. The second kappa shape index (κ2) is 9.20. The second-order valence-electron chi connectivity index (χ2n) is 6.67. The molecule has 1 fully saturated rings. The first kappa shape index (κ1) is 20.9. The van der Waals surface area contributed by atoms with E-state index in [0.29, 0.717) is 37.8 Å². The molecule has 3 aromatic rings. The molecule has 1 amide bonds. The van der Waals surface area contributed by atoms with Gasteiger partial charge in [0, 0.05) is 27.4 Å². The molecule has 1 aliphatic carbocycles. The highest BCUT2D eigenvalue weighted by atomic mass is 35.5. The lowest BCUT2D eigenvalue weighted by molar-refractivity contribution is -0.113. The lowest BCUT2D eigenvalue weighted by Crippen LogP contribution is -2.16. The number of amides is 1. The third-order valence-corrected chi connectivity index (χ3v) is 6.54. The van der Waals surface area contributed by atoms with Crippen LogP contribution in [-0.2, 0) is 9.53 Å². The van der Waals surface area contributed by atoms with Gasteiger partial charge in [0.05, 0.1) is 12.4 Å². The number of halogens is 1. The normalized spacial score (nSPS) is 13.3. The number of hydrogen-bond acceptors (Lipinski definition) is 7. The monoisotopic (exact) mass is 462 g/mol. The molecule has 0 radical (unpaired) electrons. The molecule has 2 heterocycles. The molecular formula is C20H19ClN4O3S2. The summed E-state index contributed by atoms with van der Waals surface area (Å²) >= 11 is 8.83. The van der Waals surface area contributed by atoms with Gasteiger partial charge < -0.3 is 10.1 Å². The summed E-state index contributed by atoms with van der Waals surface area (Å²) in [5.74, 6) is 0.728. The average Bonchev–Trinajstić information content (AvgIpc) is 3.33. The summed E-state index contributed by atoms with van der Waals surface area (Å²) in [5.41, 5.74) is 1.65. The molecule has 2 N–H and O–H groups in total. The molecule has 1 aliphatic rings. The second-order valence-corrected chi connectivity index (χ2v) is 8.90. The van der Waals surface area contributed by atoms with Crippen molar-refractivity contribution in [2.45, 2.75) is 30.8 Å². The van der Waals surface area contributed by atoms with Gasteiger partial charge in [0.15, 0.2) is 0 Å². The van der Waals surface area contributed by atoms with E-state index < -0.39 is 5.97 Å². The first-order valence-corrected chi connectivity index (χ1v) is 11.7. The lowest BCUT2D eigenvalue weighted by atomic mass is 10.0. The van der Waals surface area contributed by atoms with Crippen LogP contribution in [0.1, 0.15) is 41.9 Å². The van der Waals surface area contributed by atoms with Crippen LogP contribution in [0, 0.1) is 0 Å². The van der Waals surface area contributed by atoms with E-state index in [1.807, 2.05) is 18.2 Å². The quantitative estimate of drug-likeness (QED) is 0.362. The molecule has 7 nitrogen and oxygen atoms in total. The van der Waals surface area contributed by atoms with Crippen LogP contribution in [0.15, 0.2) is 34.8 Å². The van der Waals surface area contributed by atoms with Gasteiger partial charge in [0.2, 0.25) is 11.1 Å². The predicted octanol–water partition coefficient (Wildman–Crippen LogP) is 4.97. The number of nitrogens with zero attached hydrogens (tertiary/aromatic N) is 2. The minimum atomic E-state index is -0.500. The standard InChI is InChI=1S/C20H19ClN4O3S2/c1-2-28-19(27)16-13(12-5-3-4-6-14(12)21)9-29-18(16)22-15(26)10-30-20-23-17(24-25-20)11-7-8-11/h3-6,9,11H,2,7-8,10H2,1H3,(H,22,26)(H,23,24,25). The summed E-state index contributed by atoms with van der Waals surface area (Å²) in [6, 6.07) is 7.25. The predicted molar refractivity (Wildman–Crippen MR) is 118 cm³/mol. The van der Waals surface area contributed by atoms with E-state index in [0.717, 1.165) is 18.7 Å². The Kier molecular flexibility index (Phi) is 6.40. The zero-order valence-electron chi connectivity index (χ0n) is 16.1. The Hall–Kier alpha value is -2.36. The third kappa shape index (κ3) is 4.69. The SMILES string of the molecule is CCOC(=O)c1c(-c2ccccc2Cl)csc1NC(=O)CSc1n[nH]c(C2CC2)n1. The van der Waals surface area contributed by atoms with E-state index in [1.54, 1.807) is 18.4 Å². The summed E-state index contributed by atoms with van der Waals surface area (Å²) in [4.78, 5) is 29.5. The van der Waals surface area contributed by atoms with Crippen molar-refractivity contribution in [3.8, 4) is 11.1 Å². The maximum Gasteiger partial charge on any atom is 0.341 e. The maximum absolute atomic E-state index is 12.6. The fourth-order valence-corrected chi connectivity index (χ4v) is 4.70. The molecule has 2 aromatic heterocycles. The number of ether oxygens (including phenoxy) is 1. The third-order valence-electron chi connectivity index (χ3n) is 4.47. The van der Waals surface area contributed by atoms with Crippen molar-refractivity contribution >= 4 is 51.6 Å². The summed E-state index contributed by atoms with van der Waals surface area (Å²) in [7, 11) is 0. The number of carbonyl (C=O) groups is 2. The fraction of sp³-hybridized carbons (Fsp3) is 0.300. The maximum atomic E-state index is 12.6. The molecular weight excluding hydrogens is 444 g/mol. The van der Waals surface area contributed by atoms with Gasteiger partial charge in [-0.1, -0.05) is 41.6 Å². The van der Waals surface area contributed by atoms with E-state index in [-0.39, 0.29) is 18.3 Å². The smallest absolute Gasteiger partial charge is 0.341 e. The van der Waals surface area contributed by atoms with Gasteiger partial charge in [0.25, 0.3) is 0 Å². The first-order chi connectivity index (χ1) is 14.6. The number of aromatic amines is 1. The number of hydrogen-bond donors (Lipinski definition) is 2. The number of esters is 1. The Morgan fingerprint density at radius 1 is 1.33 bits per heavy atom. The van der Waals surface area contributed by atoms with E-state index in [2.05, 4.69) is 20.5 Å². The van der Waals surface area contributed by atoms with Crippen molar-refractivity contribution in [1.82, 2.24) is 15.2 Å². The van der Waals surface area contributed by atoms with E-state index in [1.165, 1.54) is 23.1 Å². The molecule has 156 valence electrons. The molecule has 10 heteroatoms. The average molecular weight is 463 g/mol. The molecule has 0 saturated heterocycles. The zero-order valence-corrected chi connectivity index (χ0v) is 18.5. The fourth-order valence-electron chi connectivity index (χ4n) is 2.89. The van der Waals surface area contributed by atoms with Gasteiger partial charge in [-0.05, 0) is 25.8 Å². The molecule has 4 rings (SSSR count). The minimum absolute atomic E-state index is 0.129. The van der Waals surface area contributed by atoms with Crippen LogP contribution >= 0.6 is 34.7 Å². The number of thioether (sulfide) groups is 1. The number of nitrogens with one attached hydrogen (secondary N) is 2. The number of rotatable bonds is 8. The Morgan fingerprint density at radius 2 is 2.13 bits per heavy atom. The van der Waals surface area contributed by atoms with Crippen molar-refractivity contribution in [1.29, 1.82) is 0 Å². The van der Waals surface area contributed by atoms with Gasteiger partial charge >= 0.3 is 5.97 Å². The number of carbonyl (C=O) groups excluding carboxylic acids is 2. The number of aromatic nitrogens is 3. The van der Waals surface area contributed by atoms with Crippen LogP contribution in [-0.4, -0.2) is 39.4 Å². The van der Waals surface area contributed by atoms with Gasteiger partial charge in [-0.2, -0.15) is 0 Å². The van der Waals surface area contributed by atoms with Crippen molar-refractivity contribution in [3.05, 3.63) is 46.1 Å². The van der Waals surface area contributed by atoms with Crippen molar-refractivity contribution in [3.63, 3.8) is 0 Å². The molecule has 0 aliphatic heterocycles. The molecule has 30 heavy (non-hydrogen) atoms. The highest BCUT2D eigenvalue weighted by Crippen LogP contribution is 2.40. The van der Waals surface area contributed by atoms with Crippen LogP contribution in [0.4, 0.5) is 5.00 Å². The summed E-state index contributed by atoms with van der Waals surface area (Å²) in [6.45, 7) is 1.97. The molecule has 0 unspecified atom stereocenters. The summed E-state index contributed by atoms with van der Waals surface area (Å²) in [5, 5.41) is 13.2. The van der Waals surface area contributed by atoms with Crippen LogP contribution in [0.5, 0.6) is 0 Å². The molecule has 0 bridgehead atoms. The summed E-state index contributed by atoms with van der Waals surface area (Å²) in [6.07, 6.45) is 2.26. The number of benzene rings is 1. The van der Waals surface area contributed by atoms with Gasteiger partial charge in [0.1, 0.15) is 16.4 Å². The lowest BCUT2D eigenvalue weighted by Gasteiger charge is -2.09. The highest BCUT2D eigenvalue weighted by Gasteiger charge is 2.27. The van der Waals surface area contributed by atoms with Crippen LogP contribution < -0.4 is 5.32 Å². The molecule has 0 spiro atoms. The zero-order chi connectivity index (χ0) is 21.1. The van der Waals surface area contributed by atoms with Gasteiger partial charge in [-0.15, -0.1) is 16.4 Å². The van der Waals surface area contributed by atoms with Crippen LogP contribution in [0.2, 0.25) is 5.02 Å². The number of thiophene rings is 1. The highest BCUT2D eigenvalue weighted by molar-refractivity contribution is 7.99. The Bertz CT molecular complexity index is 1080. The van der Waals surface area contributed by atoms with E-state index >= 15 is 0 Å². The van der Waals surface area contributed by atoms with Crippen molar-refractivity contribution in [2.75, 3.05) is 17.7 Å². The van der Waals surface area contributed by atoms with Crippen molar-refractivity contribution < 1.29 is 14.3 Å². The first-order valence-electron chi connectivity index (χ1n) is 9.45. The largest absolute Gasteiger partial charge is 0.462 e. The Morgan fingerprint density at radius 3 is 2.87 bits per heavy atom. The van der Waals surface area contributed by atoms with Crippen molar-refractivity contribution in [2.24, 2.45) is 0 Å². The van der Waals surface area contributed by atoms with Crippen LogP contribution in [0.3, 0.4) is 0 Å². The summed E-state index contributed by atoms with van der Waals surface area (Å²) < 4.78 is 5.21. The topological polar surface area (TPSA) is 97.0 Å². The van der Waals surface area contributed by atoms with E-state index in [9.17, 15) is 9.59 Å². The van der Waals surface area contributed by atoms with E-state index in [4.69, 9.17) is 16.3 Å². The van der Waals surface area contributed by atoms with Gasteiger partial charge in [-0.3, -0.25) is 9.89 Å². The van der Waals surface area contributed by atoms with Gasteiger partial charge in [-0.25, -0.2) is 9.78 Å².